The number of aromatic nitrogens is 2. The highest BCUT2D eigenvalue weighted by molar-refractivity contribution is 7.18. The van der Waals surface area contributed by atoms with Gasteiger partial charge >= 0.3 is 0 Å². The minimum absolute atomic E-state index is 0.0512. The molecule has 6 nitrogen and oxygen atoms in total. The second kappa shape index (κ2) is 6.82. The summed E-state index contributed by atoms with van der Waals surface area (Å²) in [6.45, 7) is 5.05. The molecule has 114 valence electrons. The molecule has 0 aliphatic heterocycles. The maximum absolute atomic E-state index is 12.1. The van der Waals surface area contributed by atoms with Crippen LogP contribution < -0.4 is 16.6 Å². The Hall–Kier alpha value is -1.73. The number of hydrogen-bond donors (Lipinski definition) is 3. The number of fused-ring (bicyclic) bond motifs is 1. The molecule has 2 aromatic heterocycles. The van der Waals surface area contributed by atoms with Crippen LogP contribution in [0.15, 0.2) is 4.79 Å². The van der Waals surface area contributed by atoms with Crippen molar-refractivity contribution in [1.82, 2.24) is 15.3 Å². The molecule has 7 heteroatoms. The van der Waals surface area contributed by atoms with E-state index >= 15 is 0 Å². The van der Waals surface area contributed by atoms with E-state index in [0.29, 0.717) is 37.1 Å². The van der Waals surface area contributed by atoms with E-state index in [1.807, 2.05) is 13.8 Å². The topological polar surface area (TPSA) is 101 Å². The standard InChI is InChI=1S/C14H20N4O2S/c1-8-9(2)21-14-12(8)13(20)17-10(18-14)4-5-11(19)16-7-3-6-15/h3-7,15H2,1-2H3,(H,16,19)(H,17,18,20). The van der Waals surface area contributed by atoms with Crippen molar-refractivity contribution in [3.05, 3.63) is 26.6 Å². The molecule has 21 heavy (non-hydrogen) atoms. The zero-order valence-electron chi connectivity index (χ0n) is 12.3. The minimum Gasteiger partial charge on any atom is -0.356 e. The molecule has 0 radical (unpaired) electrons. The van der Waals surface area contributed by atoms with E-state index in [2.05, 4.69) is 15.3 Å². The smallest absolute Gasteiger partial charge is 0.259 e. The number of carbonyl (C=O) groups is 1. The number of aromatic amines is 1. The summed E-state index contributed by atoms with van der Waals surface area (Å²) in [5.74, 6) is 0.507. The van der Waals surface area contributed by atoms with E-state index in [1.165, 1.54) is 11.3 Å². The van der Waals surface area contributed by atoms with Crippen LogP contribution in [0.2, 0.25) is 0 Å². The lowest BCUT2D eigenvalue weighted by Crippen LogP contribution is -2.26. The van der Waals surface area contributed by atoms with Gasteiger partial charge in [0.15, 0.2) is 0 Å². The van der Waals surface area contributed by atoms with E-state index in [0.717, 1.165) is 21.7 Å². The lowest BCUT2D eigenvalue weighted by Gasteiger charge is -2.04. The van der Waals surface area contributed by atoms with Crippen LogP contribution in [-0.2, 0) is 11.2 Å². The van der Waals surface area contributed by atoms with Crippen molar-refractivity contribution in [1.29, 1.82) is 0 Å². The van der Waals surface area contributed by atoms with Crippen LogP contribution in [-0.4, -0.2) is 29.0 Å². The number of rotatable bonds is 6. The molecule has 0 aliphatic rings. The van der Waals surface area contributed by atoms with Gasteiger partial charge in [0.05, 0.1) is 5.39 Å². The number of amides is 1. The fourth-order valence-electron chi connectivity index (χ4n) is 2.07. The first kappa shape index (κ1) is 15.7. The molecule has 1 amide bonds. The number of hydrogen-bond acceptors (Lipinski definition) is 5. The van der Waals surface area contributed by atoms with Crippen LogP contribution in [0.3, 0.4) is 0 Å². The largest absolute Gasteiger partial charge is 0.356 e. The molecule has 0 spiro atoms. The van der Waals surface area contributed by atoms with Gasteiger partial charge in [-0.1, -0.05) is 0 Å². The van der Waals surface area contributed by atoms with E-state index < -0.39 is 0 Å². The molecular weight excluding hydrogens is 288 g/mol. The molecule has 0 saturated carbocycles. The van der Waals surface area contributed by atoms with E-state index in [-0.39, 0.29) is 11.5 Å². The maximum atomic E-state index is 12.1. The van der Waals surface area contributed by atoms with Gasteiger partial charge in [-0.25, -0.2) is 4.98 Å². The molecule has 0 saturated heterocycles. The van der Waals surface area contributed by atoms with Crippen LogP contribution in [0.1, 0.15) is 29.1 Å². The Bertz CT molecular complexity index is 705. The van der Waals surface area contributed by atoms with Gasteiger partial charge in [0, 0.05) is 24.3 Å². The number of aryl methyl sites for hydroxylation is 3. The summed E-state index contributed by atoms with van der Waals surface area (Å²) in [5.41, 5.74) is 6.22. The summed E-state index contributed by atoms with van der Waals surface area (Å²) in [6, 6.07) is 0. The summed E-state index contributed by atoms with van der Waals surface area (Å²) in [6.07, 6.45) is 1.50. The van der Waals surface area contributed by atoms with Crippen LogP contribution in [0, 0.1) is 13.8 Å². The van der Waals surface area contributed by atoms with Crippen LogP contribution in [0.25, 0.3) is 10.2 Å². The second-order valence-electron chi connectivity index (χ2n) is 4.97. The average molecular weight is 308 g/mol. The van der Waals surface area contributed by atoms with Crippen molar-refractivity contribution in [3.63, 3.8) is 0 Å². The third kappa shape index (κ3) is 3.68. The van der Waals surface area contributed by atoms with Gasteiger partial charge in [-0.3, -0.25) is 9.59 Å². The Kier molecular flexibility index (Phi) is 5.08. The summed E-state index contributed by atoms with van der Waals surface area (Å²) in [4.78, 5) is 32.8. The van der Waals surface area contributed by atoms with Crippen molar-refractivity contribution in [3.8, 4) is 0 Å². The van der Waals surface area contributed by atoms with Gasteiger partial charge in [0.1, 0.15) is 10.7 Å². The van der Waals surface area contributed by atoms with Gasteiger partial charge in [-0.2, -0.15) is 0 Å². The predicted octanol–water partition coefficient (Wildman–Crippen LogP) is 0.999. The quantitative estimate of drug-likeness (QED) is 0.693. The zero-order chi connectivity index (χ0) is 15.4. The molecular formula is C14H20N4O2S. The lowest BCUT2D eigenvalue weighted by molar-refractivity contribution is -0.121. The monoisotopic (exact) mass is 308 g/mol. The molecule has 0 atom stereocenters. The van der Waals surface area contributed by atoms with Crippen LogP contribution in [0.5, 0.6) is 0 Å². The predicted molar refractivity (Wildman–Crippen MR) is 84.7 cm³/mol. The Morgan fingerprint density at radius 3 is 2.90 bits per heavy atom. The summed E-state index contributed by atoms with van der Waals surface area (Å²) in [7, 11) is 0. The van der Waals surface area contributed by atoms with Crippen molar-refractivity contribution < 1.29 is 4.79 Å². The molecule has 0 aromatic carbocycles. The molecule has 2 aromatic rings. The third-order valence-electron chi connectivity index (χ3n) is 3.38. The second-order valence-corrected chi connectivity index (χ2v) is 6.17. The number of thiophene rings is 1. The first-order valence-corrected chi connectivity index (χ1v) is 7.80. The van der Waals surface area contributed by atoms with E-state index in [1.54, 1.807) is 0 Å². The maximum Gasteiger partial charge on any atom is 0.259 e. The molecule has 2 heterocycles. The SMILES string of the molecule is Cc1sc2nc(CCC(=O)NCCCN)[nH]c(=O)c2c1C. The highest BCUT2D eigenvalue weighted by Gasteiger charge is 2.12. The number of nitrogens with zero attached hydrogens (tertiary/aromatic N) is 1. The molecule has 4 N–H and O–H groups in total. The normalized spacial score (nSPS) is 11.0. The minimum atomic E-state index is -0.125. The fourth-order valence-corrected chi connectivity index (χ4v) is 3.12. The summed E-state index contributed by atoms with van der Waals surface area (Å²) >= 11 is 1.51. The lowest BCUT2D eigenvalue weighted by atomic mass is 10.2. The Balaban J connectivity index is 2.06. The van der Waals surface area contributed by atoms with Gasteiger partial charge < -0.3 is 16.0 Å². The average Bonchev–Trinajstić information content (AvgIpc) is 2.72. The van der Waals surface area contributed by atoms with E-state index in [4.69, 9.17) is 5.73 Å². The molecule has 0 fully saturated rings. The number of H-pyrrole nitrogens is 1. The fraction of sp³-hybridized carbons (Fsp3) is 0.500. The van der Waals surface area contributed by atoms with Crippen molar-refractivity contribution in [2.45, 2.75) is 33.1 Å². The van der Waals surface area contributed by atoms with Crippen molar-refractivity contribution in [2.75, 3.05) is 13.1 Å². The molecule has 0 bridgehead atoms. The summed E-state index contributed by atoms with van der Waals surface area (Å²) in [5, 5.41) is 3.44. The van der Waals surface area contributed by atoms with Crippen molar-refractivity contribution >= 4 is 27.5 Å². The first-order valence-electron chi connectivity index (χ1n) is 6.98. The highest BCUT2D eigenvalue weighted by atomic mass is 32.1. The molecule has 0 aliphatic carbocycles. The summed E-state index contributed by atoms with van der Waals surface area (Å²) < 4.78 is 0. The molecule has 0 unspecified atom stereocenters. The Labute approximate surface area is 126 Å². The van der Waals surface area contributed by atoms with Gasteiger partial charge in [-0.15, -0.1) is 11.3 Å². The van der Waals surface area contributed by atoms with Gasteiger partial charge in [0.25, 0.3) is 5.56 Å². The van der Waals surface area contributed by atoms with Gasteiger partial charge in [0.2, 0.25) is 5.91 Å². The Morgan fingerprint density at radius 2 is 2.19 bits per heavy atom. The van der Waals surface area contributed by atoms with Crippen LogP contribution in [0.4, 0.5) is 0 Å². The van der Waals surface area contributed by atoms with E-state index in [9.17, 15) is 9.59 Å². The molecule has 2 rings (SSSR count). The number of nitrogens with two attached hydrogens (primary N) is 1. The highest BCUT2D eigenvalue weighted by Crippen LogP contribution is 2.25. The first-order chi connectivity index (χ1) is 10.0. The number of carbonyl (C=O) groups excluding carboxylic acids is 1. The number of nitrogens with one attached hydrogen (secondary N) is 2. The van der Waals surface area contributed by atoms with Crippen LogP contribution >= 0.6 is 11.3 Å². The third-order valence-corrected chi connectivity index (χ3v) is 4.48. The zero-order valence-corrected chi connectivity index (χ0v) is 13.1. The van der Waals surface area contributed by atoms with Gasteiger partial charge in [-0.05, 0) is 32.4 Å². The Morgan fingerprint density at radius 1 is 1.43 bits per heavy atom. The van der Waals surface area contributed by atoms with Crippen molar-refractivity contribution in [2.24, 2.45) is 5.73 Å².